The number of aromatic nitrogens is 2. The Morgan fingerprint density at radius 2 is 1.95 bits per heavy atom. The Hall–Kier alpha value is -1.61. The summed E-state index contributed by atoms with van der Waals surface area (Å²) in [5.41, 5.74) is 3.68. The third-order valence-corrected chi connectivity index (χ3v) is 3.36. The third kappa shape index (κ3) is 3.67. The van der Waals surface area contributed by atoms with Crippen molar-refractivity contribution in [1.29, 1.82) is 0 Å². The van der Waals surface area contributed by atoms with Gasteiger partial charge in [-0.2, -0.15) is 0 Å². The Labute approximate surface area is 115 Å². The molecule has 0 bridgehead atoms. The average Bonchev–Trinajstić information content (AvgIpc) is 2.88. The summed E-state index contributed by atoms with van der Waals surface area (Å²) in [5, 5.41) is 3.15. The van der Waals surface area contributed by atoms with Crippen LogP contribution in [0.1, 0.15) is 37.6 Å². The van der Waals surface area contributed by atoms with E-state index in [1.807, 2.05) is 13.2 Å². The second-order valence-electron chi connectivity index (χ2n) is 5.23. The van der Waals surface area contributed by atoms with Gasteiger partial charge in [-0.15, -0.1) is 0 Å². The molecule has 0 aliphatic heterocycles. The maximum atomic E-state index is 4.44. The number of hydrogen-bond acceptors (Lipinski definition) is 2. The lowest BCUT2D eigenvalue weighted by atomic mass is 10.0. The lowest BCUT2D eigenvalue weighted by Gasteiger charge is -2.05. The van der Waals surface area contributed by atoms with Crippen molar-refractivity contribution < 1.29 is 0 Å². The highest BCUT2D eigenvalue weighted by Crippen LogP contribution is 2.21. The van der Waals surface area contributed by atoms with Crippen LogP contribution in [0.3, 0.4) is 0 Å². The molecule has 2 rings (SSSR count). The number of rotatable bonds is 6. The van der Waals surface area contributed by atoms with E-state index in [-0.39, 0.29) is 0 Å². The zero-order valence-corrected chi connectivity index (χ0v) is 12.0. The normalized spacial score (nSPS) is 11.2. The lowest BCUT2D eigenvalue weighted by molar-refractivity contribution is 0.707. The summed E-state index contributed by atoms with van der Waals surface area (Å²) in [6.07, 6.45) is 4.03. The van der Waals surface area contributed by atoms with Crippen molar-refractivity contribution in [3.8, 4) is 11.3 Å². The number of H-pyrrole nitrogens is 1. The van der Waals surface area contributed by atoms with E-state index in [4.69, 9.17) is 0 Å². The molecule has 0 radical (unpaired) electrons. The SMILES string of the molecule is CNCCCc1ncc(-c2ccc(C(C)C)cc2)[nH]1. The van der Waals surface area contributed by atoms with Crippen LogP contribution in [0.5, 0.6) is 0 Å². The fraction of sp³-hybridized carbons (Fsp3) is 0.438. The van der Waals surface area contributed by atoms with Crippen LogP contribution in [0, 0.1) is 0 Å². The second kappa shape index (κ2) is 6.53. The van der Waals surface area contributed by atoms with Crippen LogP contribution < -0.4 is 5.32 Å². The fourth-order valence-electron chi connectivity index (χ4n) is 2.12. The molecule has 3 nitrogen and oxygen atoms in total. The summed E-state index contributed by atoms with van der Waals surface area (Å²) in [5.74, 6) is 1.64. The van der Waals surface area contributed by atoms with Crippen LogP contribution in [-0.4, -0.2) is 23.6 Å². The quantitative estimate of drug-likeness (QED) is 0.779. The third-order valence-electron chi connectivity index (χ3n) is 3.36. The molecular weight excluding hydrogens is 234 g/mol. The maximum absolute atomic E-state index is 4.44. The zero-order chi connectivity index (χ0) is 13.7. The molecule has 102 valence electrons. The molecule has 19 heavy (non-hydrogen) atoms. The highest BCUT2D eigenvalue weighted by atomic mass is 14.9. The Morgan fingerprint density at radius 1 is 1.21 bits per heavy atom. The summed E-state index contributed by atoms with van der Waals surface area (Å²) in [7, 11) is 1.98. The van der Waals surface area contributed by atoms with E-state index in [0.717, 1.165) is 30.9 Å². The number of nitrogens with zero attached hydrogens (tertiary/aromatic N) is 1. The standard InChI is InChI=1S/C16H23N3/c1-12(2)13-6-8-14(9-7-13)15-11-18-16(19-15)5-4-10-17-3/h6-9,11-12,17H,4-5,10H2,1-3H3,(H,18,19). The van der Waals surface area contributed by atoms with Gasteiger partial charge in [0.15, 0.2) is 0 Å². The van der Waals surface area contributed by atoms with Gasteiger partial charge in [-0.3, -0.25) is 0 Å². The van der Waals surface area contributed by atoms with E-state index in [9.17, 15) is 0 Å². The predicted octanol–water partition coefficient (Wildman–Crippen LogP) is 3.35. The molecule has 0 unspecified atom stereocenters. The molecule has 0 spiro atoms. The molecule has 1 heterocycles. The zero-order valence-electron chi connectivity index (χ0n) is 12.0. The van der Waals surface area contributed by atoms with Crippen LogP contribution in [0.4, 0.5) is 0 Å². The van der Waals surface area contributed by atoms with Crippen molar-refractivity contribution in [3.05, 3.63) is 41.9 Å². The largest absolute Gasteiger partial charge is 0.342 e. The minimum atomic E-state index is 0.577. The summed E-state index contributed by atoms with van der Waals surface area (Å²) >= 11 is 0. The Morgan fingerprint density at radius 3 is 2.58 bits per heavy atom. The Balaban J connectivity index is 2.05. The van der Waals surface area contributed by atoms with Crippen LogP contribution in [0.25, 0.3) is 11.3 Å². The minimum Gasteiger partial charge on any atom is -0.342 e. The van der Waals surface area contributed by atoms with Gasteiger partial charge in [0.1, 0.15) is 5.82 Å². The average molecular weight is 257 g/mol. The first-order chi connectivity index (χ1) is 9.20. The van der Waals surface area contributed by atoms with E-state index in [1.54, 1.807) is 0 Å². The van der Waals surface area contributed by atoms with E-state index in [0.29, 0.717) is 5.92 Å². The number of aromatic amines is 1. The van der Waals surface area contributed by atoms with Crippen LogP contribution >= 0.6 is 0 Å². The smallest absolute Gasteiger partial charge is 0.106 e. The second-order valence-corrected chi connectivity index (χ2v) is 5.23. The molecule has 0 aliphatic carbocycles. The van der Waals surface area contributed by atoms with Crippen molar-refractivity contribution in [2.45, 2.75) is 32.6 Å². The Bertz CT molecular complexity index is 497. The first kappa shape index (κ1) is 13.8. The van der Waals surface area contributed by atoms with E-state index < -0.39 is 0 Å². The van der Waals surface area contributed by atoms with Crippen molar-refractivity contribution in [1.82, 2.24) is 15.3 Å². The molecule has 1 aromatic heterocycles. The summed E-state index contributed by atoms with van der Waals surface area (Å²) in [6.45, 7) is 5.45. The maximum Gasteiger partial charge on any atom is 0.106 e. The van der Waals surface area contributed by atoms with Gasteiger partial charge in [0.05, 0.1) is 11.9 Å². The van der Waals surface area contributed by atoms with Crippen molar-refractivity contribution >= 4 is 0 Å². The molecule has 0 saturated heterocycles. The lowest BCUT2D eigenvalue weighted by Crippen LogP contribution is -2.08. The molecule has 3 heteroatoms. The molecule has 0 fully saturated rings. The van der Waals surface area contributed by atoms with Crippen molar-refractivity contribution in [3.63, 3.8) is 0 Å². The number of nitrogens with one attached hydrogen (secondary N) is 2. The highest BCUT2D eigenvalue weighted by Gasteiger charge is 2.04. The predicted molar refractivity (Wildman–Crippen MR) is 80.4 cm³/mol. The van der Waals surface area contributed by atoms with E-state index in [2.05, 4.69) is 53.4 Å². The molecule has 2 aromatic rings. The van der Waals surface area contributed by atoms with Gasteiger partial charge >= 0.3 is 0 Å². The molecule has 0 aliphatic rings. The molecule has 0 saturated carbocycles. The van der Waals surface area contributed by atoms with Gasteiger partial charge in [-0.1, -0.05) is 38.1 Å². The Kier molecular flexibility index (Phi) is 4.74. The monoisotopic (exact) mass is 257 g/mol. The number of imidazole rings is 1. The summed E-state index contributed by atoms with van der Waals surface area (Å²) in [4.78, 5) is 7.84. The van der Waals surface area contributed by atoms with Crippen molar-refractivity contribution in [2.75, 3.05) is 13.6 Å². The van der Waals surface area contributed by atoms with Crippen LogP contribution in [0.2, 0.25) is 0 Å². The molecule has 2 N–H and O–H groups in total. The topological polar surface area (TPSA) is 40.7 Å². The summed E-state index contributed by atoms with van der Waals surface area (Å²) < 4.78 is 0. The van der Waals surface area contributed by atoms with Gasteiger partial charge in [0.2, 0.25) is 0 Å². The van der Waals surface area contributed by atoms with Gasteiger partial charge in [-0.05, 0) is 37.1 Å². The molecule has 1 aromatic carbocycles. The first-order valence-electron chi connectivity index (χ1n) is 6.99. The number of hydrogen-bond donors (Lipinski definition) is 2. The van der Waals surface area contributed by atoms with Crippen molar-refractivity contribution in [2.24, 2.45) is 0 Å². The minimum absolute atomic E-state index is 0.577. The van der Waals surface area contributed by atoms with E-state index >= 15 is 0 Å². The highest BCUT2D eigenvalue weighted by molar-refractivity contribution is 5.58. The molecule has 0 atom stereocenters. The number of aryl methyl sites for hydroxylation is 1. The fourth-order valence-corrected chi connectivity index (χ4v) is 2.12. The summed E-state index contributed by atoms with van der Waals surface area (Å²) in [6, 6.07) is 8.73. The molecule has 0 amide bonds. The molecular formula is C16H23N3. The van der Waals surface area contributed by atoms with Gasteiger partial charge in [0, 0.05) is 6.42 Å². The van der Waals surface area contributed by atoms with Crippen LogP contribution in [-0.2, 0) is 6.42 Å². The number of benzene rings is 1. The first-order valence-corrected chi connectivity index (χ1v) is 6.99. The van der Waals surface area contributed by atoms with Gasteiger partial charge in [0.25, 0.3) is 0 Å². The van der Waals surface area contributed by atoms with Gasteiger partial charge in [-0.25, -0.2) is 4.98 Å². The van der Waals surface area contributed by atoms with Crippen LogP contribution in [0.15, 0.2) is 30.5 Å². The van der Waals surface area contributed by atoms with Gasteiger partial charge < -0.3 is 10.3 Å². The van der Waals surface area contributed by atoms with E-state index in [1.165, 1.54) is 11.1 Å².